The molecule has 12 heavy (non-hydrogen) atoms. The molecule has 0 saturated heterocycles. The van der Waals surface area contributed by atoms with E-state index in [-0.39, 0.29) is 5.41 Å². The van der Waals surface area contributed by atoms with Crippen LogP contribution in [0.3, 0.4) is 0 Å². The van der Waals surface area contributed by atoms with E-state index in [4.69, 9.17) is 0 Å². The molecule has 0 N–H and O–H groups in total. The van der Waals surface area contributed by atoms with Crippen LogP contribution in [-0.4, -0.2) is 6.26 Å². The van der Waals surface area contributed by atoms with E-state index < -0.39 is 0 Å². The van der Waals surface area contributed by atoms with Crippen LogP contribution in [-0.2, 0) is 5.41 Å². The van der Waals surface area contributed by atoms with Gasteiger partial charge in [0.2, 0.25) is 0 Å². The second-order valence-corrected chi connectivity index (χ2v) is 4.43. The summed E-state index contributed by atoms with van der Waals surface area (Å²) in [6.07, 6.45) is 2.10. The second kappa shape index (κ2) is 3.53. The maximum absolute atomic E-state index is 4.14. The van der Waals surface area contributed by atoms with Gasteiger partial charge < -0.3 is 0 Å². The second-order valence-electron chi connectivity index (χ2n) is 3.58. The molecule has 0 aliphatic carbocycles. The highest BCUT2D eigenvalue weighted by atomic mass is 32.2. The van der Waals surface area contributed by atoms with Gasteiger partial charge in [-0.2, -0.15) is 0 Å². The van der Waals surface area contributed by atoms with Crippen LogP contribution in [0.4, 0.5) is 0 Å². The molecular weight excluding hydrogens is 164 g/mol. The molecule has 1 rings (SSSR count). The van der Waals surface area contributed by atoms with Gasteiger partial charge in [0.1, 0.15) is 0 Å². The van der Waals surface area contributed by atoms with Crippen LogP contribution in [0.25, 0.3) is 0 Å². The van der Waals surface area contributed by atoms with Crippen LogP contribution in [0.2, 0.25) is 0 Å². The van der Waals surface area contributed by atoms with Gasteiger partial charge in [-0.05, 0) is 30.2 Å². The lowest BCUT2D eigenvalue weighted by atomic mass is 9.87. The Balaban J connectivity index is 3.14. The van der Waals surface area contributed by atoms with Crippen LogP contribution in [0.15, 0.2) is 29.2 Å². The average molecular weight is 179 g/mol. The molecule has 0 saturated carbocycles. The lowest BCUT2D eigenvalue weighted by Gasteiger charge is -2.21. The zero-order valence-electron chi connectivity index (χ0n) is 7.92. The molecule has 0 aliphatic rings. The number of thioether (sulfide) groups is 1. The minimum atomic E-state index is 0.0135. The molecule has 0 nitrogen and oxygen atoms in total. The van der Waals surface area contributed by atoms with Gasteiger partial charge in [0.05, 0.1) is 0 Å². The third-order valence-electron chi connectivity index (χ3n) is 1.84. The van der Waals surface area contributed by atoms with Gasteiger partial charge in [0.15, 0.2) is 0 Å². The molecule has 1 heteroatoms. The first-order valence-corrected chi connectivity index (χ1v) is 5.27. The molecule has 0 amide bonds. The van der Waals surface area contributed by atoms with Gasteiger partial charge in [-0.3, -0.25) is 0 Å². The number of hydrogen-bond acceptors (Lipinski definition) is 1. The van der Waals surface area contributed by atoms with E-state index in [1.165, 1.54) is 10.5 Å². The summed E-state index contributed by atoms with van der Waals surface area (Å²) >= 11 is 1.78. The Hall–Kier alpha value is -0.430. The van der Waals surface area contributed by atoms with E-state index in [0.717, 1.165) is 0 Å². The van der Waals surface area contributed by atoms with Gasteiger partial charge in [0.25, 0.3) is 0 Å². The third-order valence-corrected chi connectivity index (χ3v) is 2.63. The van der Waals surface area contributed by atoms with Crippen LogP contribution in [0.5, 0.6) is 0 Å². The molecular formula is C11H15S. The van der Waals surface area contributed by atoms with Crippen molar-refractivity contribution in [1.29, 1.82) is 0 Å². The summed E-state index contributed by atoms with van der Waals surface area (Å²) in [5.74, 6) is 0. The van der Waals surface area contributed by atoms with Crippen molar-refractivity contribution in [2.75, 3.05) is 6.26 Å². The Labute approximate surface area is 79.4 Å². The molecule has 0 unspecified atom stereocenters. The maximum atomic E-state index is 4.14. The zero-order chi connectivity index (χ0) is 9.19. The first kappa shape index (κ1) is 9.66. The third kappa shape index (κ3) is 2.04. The smallest absolute Gasteiger partial charge is 0.0107 e. The Morgan fingerprint density at radius 2 is 1.83 bits per heavy atom. The van der Waals surface area contributed by atoms with E-state index >= 15 is 0 Å². The quantitative estimate of drug-likeness (QED) is 0.626. The maximum Gasteiger partial charge on any atom is 0.0107 e. The fraction of sp³-hybridized carbons (Fsp3) is 0.364. The van der Waals surface area contributed by atoms with Gasteiger partial charge in [-0.1, -0.05) is 32.0 Å². The molecule has 65 valence electrons. The first-order chi connectivity index (χ1) is 5.55. The van der Waals surface area contributed by atoms with Crippen LogP contribution in [0, 0.1) is 6.92 Å². The molecule has 0 spiro atoms. The lowest BCUT2D eigenvalue weighted by Crippen LogP contribution is -2.12. The zero-order valence-corrected chi connectivity index (χ0v) is 8.74. The summed E-state index contributed by atoms with van der Waals surface area (Å²) in [5.41, 5.74) is 1.34. The lowest BCUT2D eigenvalue weighted by molar-refractivity contribution is 0.650. The van der Waals surface area contributed by atoms with Crippen LogP contribution < -0.4 is 0 Å². The molecule has 0 bridgehead atoms. The summed E-state index contributed by atoms with van der Waals surface area (Å²) in [6, 6.07) is 8.44. The number of hydrogen-bond donors (Lipinski definition) is 0. The largest absolute Gasteiger partial charge is 0.129 e. The molecule has 0 fully saturated rings. The molecule has 0 aliphatic heterocycles. The summed E-state index contributed by atoms with van der Waals surface area (Å²) in [7, 11) is 0. The van der Waals surface area contributed by atoms with Gasteiger partial charge in [-0.25, -0.2) is 0 Å². The van der Waals surface area contributed by atoms with Crippen molar-refractivity contribution in [3.63, 3.8) is 0 Å². The minimum absolute atomic E-state index is 0.0135. The van der Waals surface area contributed by atoms with E-state index in [1.807, 2.05) is 0 Å². The predicted molar refractivity (Wildman–Crippen MR) is 56.6 cm³/mol. The highest BCUT2D eigenvalue weighted by molar-refractivity contribution is 7.98. The Bertz CT molecular complexity index is 258. The Kier molecular flexibility index (Phi) is 2.84. The summed E-state index contributed by atoms with van der Waals surface area (Å²) in [6.45, 7) is 8.42. The van der Waals surface area contributed by atoms with Gasteiger partial charge in [0, 0.05) is 4.90 Å². The molecule has 1 aromatic rings. The molecule has 0 aromatic heterocycles. The van der Waals surface area contributed by atoms with E-state index in [0.29, 0.717) is 0 Å². The van der Waals surface area contributed by atoms with Gasteiger partial charge >= 0.3 is 0 Å². The number of benzene rings is 1. The summed E-state index contributed by atoms with van der Waals surface area (Å²) < 4.78 is 0. The SMILES string of the molecule is [CH2]C(C)(C)c1ccccc1SC. The predicted octanol–water partition coefficient (Wildman–Crippen LogP) is 3.52. The van der Waals surface area contributed by atoms with Crippen LogP contribution >= 0.6 is 11.8 Å². The monoisotopic (exact) mass is 179 g/mol. The van der Waals surface area contributed by atoms with E-state index in [2.05, 4.69) is 51.3 Å². The van der Waals surface area contributed by atoms with Gasteiger partial charge in [-0.15, -0.1) is 11.8 Å². The van der Waals surface area contributed by atoms with Crippen molar-refractivity contribution in [3.05, 3.63) is 36.8 Å². The Morgan fingerprint density at radius 1 is 1.25 bits per heavy atom. The normalized spacial score (nSPS) is 11.7. The van der Waals surface area contributed by atoms with Crippen molar-refractivity contribution in [1.82, 2.24) is 0 Å². The van der Waals surface area contributed by atoms with Crippen LogP contribution in [0.1, 0.15) is 19.4 Å². The Morgan fingerprint density at radius 3 is 2.25 bits per heavy atom. The highest BCUT2D eigenvalue weighted by Gasteiger charge is 2.16. The number of rotatable bonds is 2. The summed E-state index contributed by atoms with van der Waals surface area (Å²) in [4.78, 5) is 1.33. The fourth-order valence-corrected chi connectivity index (χ4v) is 1.98. The molecule has 0 atom stereocenters. The van der Waals surface area contributed by atoms with Crippen molar-refractivity contribution >= 4 is 11.8 Å². The fourth-order valence-electron chi connectivity index (χ4n) is 1.20. The van der Waals surface area contributed by atoms with E-state index in [1.54, 1.807) is 11.8 Å². The van der Waals surface area contributed by atoms with Crippen molar-refractivity contribution in [2.45, 2.75) is 24.2 Å². The van der Waals surface area contributed by atoms with Crippen molar-refractivity contribution in [3.8, 4) is 0 Å². The molecule has 0 heterocycles. The summed E-state index contributed by atoms with van der Waals surface area (Å²) in [5, 5.41) is 0. The topological polar surface area (TPSA) is 0 Å². The van der Waals surface area contributed by atoms with Crippen molar-refractivity contribution < 1.29 is 0 Å². The van der Waals surface area contributed by atoms with E-state index in [9.17, 15) is 0 Å². The van der Waals surface area contributed by atoms with Crippen molar-refractivity contribution in [2.24, 2.45) is 0 Å². The average Bonchev–Trinajstić information content (AvgIpc) is 2.03. The minimum Gasteiger partial charge on any atom is -0.129 e. The highest BCUT2D eigenvalue weighted by Crippen LogP contribution is 2.30. The first-order valence-electron chi connectivity index (χ1n) is 4.04. The molecule has 1 aromatic carbocycles. The molecule has 1 radical (unpaired) electrons. The standard InChI is InChI=1S/C11H15S/c1-11(2,3)9-7-5-6-8-10(9)12-4/h5-8H,1H2,2-4H3.